The number of halogens is 2. The molecular weight excluding hydrogens is 228 g/mol. The highest BCUT2D eigenvalue weighted by Crippen LogP contribution is 2.27. The molecule has 0 atom stereocenters. The van der Waals surface area contributed by atoms with E-state index in [1.807, 2.05) is 0 Å². The minimum Gasteiger partial charge on any atom is -0.497 e. The Morgan fingerprint density at radius 1 is 1.24 bits per heavy atom. The SMILES string of the molecule is COc1cc(F)c(-c2nccc(N)n2)c(F)c1. The molecule has 0 bridgehead atoms. The largest absolute Gasteiger partial charge is 0.497 e. The van der Waals surface area contributed by atoms with Crippen LogP contribution < -0.4 is 10.5 Å². The van der Waals surface area contributed by atoms with Crippen LogP contribution in [0, 0.1) is 11.6 Å². The van der Waals surface area contributed by atoms with Crippen LogP contribution in [0.2, 0.25) is 0 Å². The lowest BCUT2D eigenvalue weighted by atomic mass is 10.1. The van der Waals surface area contributed by atoms with Crippen molar-refractivity contribution in [2.24, 2.45) is 0 Å². The summed E-state index contributed by atoms with van der Waals surface area (Å²) >= 11 is 0. The molecule has 1 aromatic heterocycles. The minimum atomic E-state index is -0.799. The minimum absolute atomic E-state index is 0.0904. The summed E-state index contributed by atoms with van der Waals surface area (Å²) in [4.78, 5) is 7.54. The molecule has 6 heteroatoms. The standard InChI is InChI=1S/C11H9F2N3O/c1-17-6-4-7(12)10(8(13)5-6)11-15-3-2-9(14)16-11/h2-5H,1H3,(H2,14,15,16). The van der Waals surface area contributed by atoms with Gasteiger partial charge in [-0.25, -0.2) is 18.7 Å². The number of benzene rings is 1. The fourth-order valence-electron chi connectivity index (χ4n) is 1.37. The van der Waals surface area contributed by atoms with E-state index in [0.29, 0.717) is 0 Å². The molecule has 1 aromatic carbocycles. The molecule has 0 radical (unpaired) electrons. The van der Waals surface area contributed by atoms with Crippen molar-refractivity contribution in [3.8, 4) is 17.1 Å². The van der Waals surface area contributed by atoms with Crippen LogP contribution in [-0.4, -0.2) is 17.1 Å². The Bertz CT molecular complexity index is 537. The molecule has 4 nitrogen and oxygen atoms in total. The summed E-state index contributed by atoms with van der Waals surface area (Å²) in [6.07, 6.45) is 1.33. The van der Waals surface area contributed by atoms with Crippen molar-refractivity contribution in [3.63, 3.8) is 0 Å². The first-order valence-electron chi connectivity index (χ1n) is 4.73. The summed E-state index contributed by atoms with van der Waals surface area (Å²) in [5.74, 6) is -1.46. The lowest BCUT2D eigenvalue weighted by molar-refractivity contribution is 0.407. The van der Waals surface area contributed by atoms with Crippen molar-refractivity contribution >= 4 is 5.82 Å². The van der Waals surface area contributed by atoms with Crippen LogP contribution in [0.1, 0.15) is 0 Å². The van der Waals surface area contributed by atoms with E-state index in [2.05, 4.69) is 9.97 Å². The first-order chi connectivity index (χ1) is 8.11. The maximum atomic E-state index is 13.7. The lowest BCUT2D eigenvalue weighted by Crippen LogP contribution is -1.99. The van der Waals surface area contributed by atoms with E-state index >= 15 is 0 Å². The summed E-state index contributed by atoms with van der Waals surface area (Å²) in [6.45, 7) is 0. The Morgan fingerprint density at radius 2 is 1.88 bits per heavy atom. The van der Waals surface area contributed by atoms with Gasteiger partial charge in [0.25, 0.3) is 0 Å². The number of ether oxygens (including phenoxy) is 1. The molecule has 0 spiro atoms. The molecule has 2 N–H and O–H groups in total. The monoisotopic (exact) mass is 237 g/mol. The van der Waals surface area contributed by atoms with E-state index in [-0.39, 0.29) is 23.0 Å². The molecular formula is C11H9F2N3O. The van der Waals surface area contributed by atoms with E-state index in [1.54, 1.807) is 0 Å². The number of nitrogens with zero attached hydrogens (tertiary/aromatic N) is 2. The number of hydrogen-bond acceptors (Lipinski definition) is 4. The van der Waals surface area contributed by atoms with E-state index in [0.717, 1.165) is 12.1 Å². The van der Waals surface area contributed by atoms with Gasteiger partial charge in [0.05, 0.1) is 12.7 Å². The Hall–Kier alpha value is -2.24. The summed E-state index contributed by atoms with van der Waals surface area (Å²) in [6, 6.07) is 3.55. The van der Waals surface area contributed by atoms with Crippen molar-refractivity contribution in [2.75, 3.05) is 12.8 Å². The van der Waals surface area contributed by atoms with E-state index in [4.69, 9.17) is 10.5 Å². The first-order valence-corrected chi connectivity index (χ1v) is 4.73. The van der Waals surface area contributed by atoms with Crippen molar-refractivity contribution in [3.05, 3.63) is 36.0 Å². The highest BCUT2D eigenvalue weighted by atomic mass is 19.1. The molecule has 0 aliphatic rings. The number of nitrogens with two attached hydrogens (primary N) is 1. The average Bonchev–Trinajstić information content (AvgIpc) is 2.28. The van der Waals surface area contributed by atoms with Gasteiger partial charge in [-0.2, -0.15) is 0 Å². The van der Waals surface area contributed by atoms with E-state index in [9.17, 15) is 8.78 Å². The molecule has 1 heterocycles. The fraction of sp³-hybridized carbons (Fsp3) is 0.0909. The molecule has 0 fully saturated rings. The molecule has 0 saturated heterocycles. The average molecular weight is 237 g/mol. The van der Waals surface area contributed by atoms with Gasteiger partial charge in [-0.3, -0.25) is 0 Å². The third kappa shape index (κ3) is 2.15. The van der Waals surface area contributed by atoms with Crippen LogP contribution in [0.5, 0.6) is 5.75 Å². The van der Waals surface area contributed by atoms with Gasteiger partial charge in [0, 0.05) is 18.3 Å². The second kappa shape index (κ2) is 4.32. The van der Waals surface area contributed by atoms with Crippen LogP contribution in [-0.2, 0) is 0 Å². The van der Waals surface area contributed by atoms with Gasteiger partial charge in [-0.1, -0.05) is 0 Å². The highest BCUT2D eigenvalue weighted by molar-refractivity contribution is 5.59. The first kappa shape index (κ1) is 11.3. The van der Waals surface area contributed by atoms with Crippen molar-refractivity contribution in [1.29, 1.82) is 0 Å². The maximum Gasteiger partial charge on any atom is 0.167 e. The zero-order valence-electron chi connectivity index (χ0n) is 8.95. The van der Waals surface area contributed by atoms with Crippen molar-refractivity contribution < 1.29 is 13.5 Å². The molecule has 0 aliphatic carbocycles. The van der Waals surface area contributed by atoms with Gasteiger partial charge in [-0.05, 0) is 6.07 Å². The number of nitrogen functional groups attached to an aromatic ring is 1. The molecule has 2 aromatic rings. The van der Waals surface area contributed by atoms with Gasteiger partial charge < -0.3 is 10.5 Å². The van der Waals surface area contributed by atoms with Crippen LogP contribution in [0.15, 0.2) is 24.4 Å². The number of anilines is 1. The fourth-order valence-corrected chi connectivity index (χ4v) is 1.37. The van der Waals surface area contributed by atoms with E-state index < -0.39 is 11.6 Å². The molecule has 88 valence electrons. The normalized spacial score (nSPS) is 10.3. The van der Waals surface area contributed by atoms with E-state index in [1.165, 1.54) is 19.4 Å². The molecule has 17 heavy (non-hydrogen) atoms. The van der Waals surface area contributed by atoms with Crippen molar-refractivity contribution in [2.45, 2.75) is 0 Å². The van der Waals surface area contributed by atoms with Crippen molar-refractivity contribution in [1.82, 2.24) is 9.97 Å². The molecule has 0 aliphatic heterocycles. The van der Waals surface area contributed by atoms with Gasteiger partial charge in [0.2, 0.25) is 0 Å². The zero-order chi connectivity index (χ0) is 12.4. The van der Waals surface area contributed by atoms with Crippen LogP contribution >= 0.6 is 0 Å². The van der Waals surface area contributed by atoms with Crippen LogP contribution in [0.25, 0.3) is 11.4 Å². The Labute approximate surface area is 96.1 Å². The molecule has 0 amide bonds. The second-order valence-corrected chi connectivity index (χ2v) is 3.27. The zero-order valence-corrected chi connectivity index (χ0v) is 8.95. The maximum absolute atomic E-state index is 13.7. The second-order valence-electron chi connectivity index (χ2n) is 3.27. The van der Waals surface area contributed by atoms with Crippen LogP contribution in [0.3, 0.4) is 0 Å². The Balaban J connectivity index is 2.60. The highest BCUT2D eigenvalue weighted by Gasteiger charge is 2.16. The van der Waals surface area contributed by atoms with Crippen LogP contribution in [0.4, 0.5) is 14.6 Å². The number of aromatic nitrogens is 2. The molecule has 0 saturated carbocycles. The quantitative estimate of drug-likeness (QED) is 0.867. The predicted molar refractivity (Wildman–Crippen MR) is 58.3 cm³/mol. The third-order valence-corrected chi connectivity index (χ3v) is 2.15. The third-order valence-electron chi connectivity index (χ3n) is 2.15. The summed E-state index contributed by atoms with van der Waals surface area (Å²) in [5, 5.41) is 0. The number of methoxy groups -OCH3 is 1. The number of hydrogen-bond donors (Lipinski definition) is 1. The summed E-state index contributed by atoms with van der Waals surface area (Å²) < 4.78 is 32.1. The Kier molecular flexibility index (Phi) is 2.86. The summed E-state index contributed by atoms with van der Waals surface area (Å²) in [7, 11) is 1.32. The predicted octanol–water partition coefficient (Wildman–Crippen LogP) is 2.01. The van der Waals surface area contributed by atoms with Gasteiger partial charge >= 0.3 is 0 Å². The van der Waals surface area contributed by atoms with Gasteiger partial charge in [0.1, 0.15) is 23.2 Å². The molecule has 0 unspecified atom stereocenters. The smallest absolute Gasteiger partial charge is 0.167 e. The lowest BCUT2D eigenvalue weighted by Gasteiger charge is -2.06. The van der Waals surface area contributed by atoms with Gasteiger partial charge in [0.15, 0.2) is 5.82 Å². The Morgan fingerprint density at radius 3 is 2.41 bits per heavy atom. The summed E-state index contributed by atoms with van der Waals surface area (Å²) in [5.41, 5.74) is 5.11. The number of rotatable bonds is 2. The molecule has 2 rings (SSSR count). The van der Waals surface area contributed by atoms with Gasteiger partial charge in [-0.15, -0.1) is 0 Å². The topological polar surface area (TPSA) is 61.0 Å².